The smallest absolute Gasteiger partial charge is 0.109 e. The zero-order chi connectivity index (χ0) is 11.7. The van der Waals surface area contributed by atoms with Crippen molar-refractivity contribution >= 4 is 11.0 Å². The molecule has 1 fully saturated rings. The van der Waals surface area contributed by atoms with E-state index < -0.39 is 0 Å². The summed E-state index contributed by atoms with van der Waals surface area (Å²) in [4.78, 5) is 8.00. The number of nitrogens with one attached hydrogen (secondary N) is 1. The number of nitrogens with zero attached hydrogens (tertiary/aromatic N) is 1. The Hall–Kier alpha value is -1.35. The average molecular weight is 230 g/mol. The highest BCUT2D eigenvalue weighted by atomic mass is 16.5. The van der Waals surface area contributed by atoms with Gasteiger partial charge in [0.05, 0.1) is 17.1 Å². The fourth-order valence-corrected chi connectivity index (χ4v) is 2.46. The molecule has 2 aromatic rings. The molecule has 0 amide bonds. The second-order valence-corrected chi connectivity index (χ2v) is 4.90. The van der Waals surface area contributed by atoms with Gasteiger partial charge >= 0.3 is 0 Å². The van der Waals surface area contributed by atoms with Crippen LogP contribution in [0.15, 0.2) is 18.2 Å². The summed E-state index contributed by atoms with van der Waals surface area (Å²) < 4.78 is 5.74. The molecule has 17 heavy (non-hydrogen) atoms. The largest absolute Gasteiger partial charge is 0.378 e. The molecule has 1 saturated heterocycles. The van der Waals surface area contributed by atoms with Gasteiger partial charge in [-0.2, -0.15) is 0 Å². The van der Waals surface area contributed by atoms with Crippen LogP contribution in [0.5, 0.6) is 0 Å². The van der Waals surface area contributed by atoms with Gasteiger partial charge in [-0.05, 0) is 43.9 Å². The van der Waals surface area contributed by atoms with E-state index in [1.54, 1.807) is 0 Å². The van der Waals surface area contributed by atoms with Gasteiger partial charge in [-0.3, -0.25) is 0 Å². The summed E-state index contributed by atoms with van der Waals surface area (Å²) >= 11 is 0. The van der Waals surface area contributed by atoms with E-state index in [1.165, 1.54) is 18.4 Å². The van der Waals surface area contributed by atoms with Gasteiger partial charge in [-0.25, -0.2) is 4.98 Å². The molecule has 0 bridgehead atoms. The molecule has 0 saturated carbocycles. The molecule has 0 aliphatic carbocycles. The van der Waals surface area contributed by atoms with Crippen LogP contribution in [0.25, 0.3) is 11.0 Å². The number of hydrogen-bond donors (Lipinski definition) is 1. The SMILES string of the molecule is Cc1ccc2nc(CC3CCCCO3)[nH]c2c1. The molecule has 3 nitrogen and oxygen atoms in total. The maximum atomic E-state index is 5.74. The average Bonchev–Trinajstić information content (AvgIpc) is 2.71. The summed E-state index contributed by atoms with van der Waals surface area (Å²) in [6.07, 6.45) is 4.91. The van der Waals surface area contributed by atoms with E-state index in [4.69, 9.17) is 4.74 Å². The van der Waals surface area contributed by atoms with Gasteiger partial charge in [0.25, 0.3) is 0 Å². The highest BCUT2D eigenvalue weighted by Crippen LogP contribution is 2.18. The third-order valence-corrected chi connectivity index (χ3v) is 3.38. The number of aryl methyl sites for hydroxylation is 1. The van der Waals surface area contributed by atoms with E-state index in [1.807, 2.05) is 0 Å². The van der Waals surface area contributed by atoms with E-state index in [2.05, 4.69) is 35.1 Å². The zero-order valence-electron chi connectivity index (χ0n) is 10.2. The monoisotopic (exact) mass is 230 g/mol. The van der Waals surface area contributed by atoms with Gasteiger partial charge < -0.3 is 9.72 Å². The van der Waals surface area contributed by atoms with Crippen molar-refractivity contribution in [3.05, 3.63) is 29.6 Å². The Labute approximate surface area is 101 Å². The predicted octanol–water partition coefficient (Wildman–Crippen LogP) is 2.98. The minimum Gasteiger partial charge on any atom is -0.378 e. The van der Waals surface area contributed by atoms with Crippen molar-refractivity contribution in [1.29, 1.82) is 0 Å². The van der Waals surface area contributed by atoms with Crippen LogP contribution in [0.1, 0.15) is 30.7 Å². The lowest BCUT2D eigenvalue weighted by molar-refractivity contribution is 0.0158. The topological polar surface area (TPSA) is 37.9 Å². The molecule has 0 radical (unpaired) electrons. The van der Waals surface area contributed by atoms with E-state index >= 15 is 0 Å². The third-order valence-electron chi connectivity index (χ3n) is 3.38. The molecule has 1 N–H and O–H groups in total. The third kappa shape index (κ3) is 2.34. The molecule has 0 spiro atoms. The Bertz CT molecular complexity index is 512. The highest BCUT2D eigenvalue weighted by molar-refractivity contribution is 5.75. The Morgan fingerprint density at radius 2 is 2.35 bits per heavy atom. The molecule has 1 aromatic heterocycles. The summed E-state index contributed by atoms with van der Waals surface area (Å²) in [5.74, 6) is 1.05. The second-order valence-electron chi connectivity index (χ2n) is 4.90. The Morgan fingerprint density at radius 3 is 3.18 bits per heavy atom. The normalized spacial score (nSPS) is 20.9. The van der Waals surface area contributed by atoms with Crippen molar-refractivity contribution in [2.24, 2.45) is 0 Å². The minimum absolute atomic E-state index is 0.352. The Balaban J connectivity index is 1.80. The first-order chi connectivity index (χ1) is 8.31. The molecule has 1 atom stereocenters. The van der Waals surface area contributed by atoms with Gasteiger partial charge in [-0.1, -0.05) is 6.07 Å². The number of ether oxygens (including phenoxy) is 1. The van der Waals surface area contributed by atoms with Crippen LogP contribution in [0.2, 0.25) is 0 Å². The molecule has 1 aliphatic heterocycles. The number of rotatable bonds is 2. The molecule has 1 aliphatic rings. The molecule has 90 valence electrons. The number of benzene rings is 1. The molecule has 1 aromatic carbocycles. The van der Waals surface area contributed by atoms with Crippen LogP contribution >= 0.6 is 0 Å². The lowest BCUT2D eigenvalue weighted by atomic mass is 10.1. The van der Waals surface area contributed by atoms with Crippen LogP contribution in [0.4, 0.5) is 0 Å². The van der Waals surface area contributed by atoms with E-state index in [-0.39, 0.29) is 0 Å². The highest BCUT2D eigenvalue weighted by Gasteiger charge is 2.16. The van der Waals surface area contributed by atoms with Crippen LogP contribution in [0, 0.1) is 6.92 Å². The van der Waals surface area contributed by atoms with Crippen molar-refractivity contribution in [3.63, 3.8) is 0 Å². The van der Waals surface area contributed by atoms with Crippen molar-refractivity contribution in [2.75, 3.05) is 6.61 Å². The first-order valence-electron chi connectivity index (χ1n) is 6.38. The lowest BCUT2D eigenvalue weighted by Gasteiger charge is -2.21. The van der Waals surface area contributed by atoms with Crippen molar-refractivity contribution < 1.29 is 4.74 Å². The molecule has 3 rings (SSSR count). The summed E-state index contributed by atoms with van der Waals surface area (Å²) in [5, 5.41) is 0. The standard InChI is InChI=1S/C14H18N2O/c1-10-5-6-12-13(8-10)16-14(15-12)9-11-4-2-3-7-17-11/h5-6,8,11H,2-4,7,9H2,1H3,(H,15,16). The van der Waals surface area contributed by atoms with Crippen LogP contribution in [0.3, 0.4) is 0 Å². The number of imidazole rings is 1. The first kappa shape index (κ1) is 10.8. The molecule has 2 heterocycles. The van der Waals surface area contributed by atoms with Crippen LogP contribution in [-0.2, 0) is 11.2 Å². The van der Waals surface area contributed by atoms with Crippen LogP contribution < -0.4 is 0 Å². The number of fused-ring (bicyclic) bond motifs is 1. The van der Waals surface area contributed by atoms with E-state index in [9.17, 15) is 0 Å². The molecular weight excluding hydrogens is 212 g/mol. The van der Waals surface area contributed by atoms with Gasteiger partial charge in [0.1, 0.15) is 5.82 Å². The fraction of sp³-hybridized carbons (Fsp3) is 0.500. The van der Waals surface area contributed by atoms with Gasteiger partial charge in [0, 0.05) is 13.0 Å². The molecule has 3 heteroatoms. The zero-order valence-corrected chi connectivity index (χ0v) is 10.2. The maximum Gasteiger partial charge on any atom is 0.109 e. The van der Waals surface area contributed by atoms with Crippen molar-refractivity contribution in [2.45, 2.75) is 38.7 Å². The number of aromatic nitrogens is 2. The quantitative estimate of drug-likeness (QED) is 0.861. The summed E-state index contributed by atoms with van der Waals surface area (Å²) in [5.41, 5.74) is 3.46. The molecular formula is C14H18N2O. The van der Waals surface area contributed by atoms with Gasteiger partial charge in [-0.15, -0.1) is 0 Å². The molecule has 1 unspecified atom stereocenters. The first-order valence-corrected chi connectivity index (χ1v) is 6.38. The summed E-state index contributed by atoms with van der Waals surface area (Å²) in [6.45, 7) is 3.01. The number of H-pyrrole nitrogens is 1. The predicted molar refractivity (Wildman–Crippen MR) is 68.1 cm³/mol. The van der Waals surface area contributed by atoms with Gasteiger partial charge in [0.15, 0.2) is 0 Å². The maximum absolute atomic E-state index is 5.74. The van der Waals surface area contributed by atoms with Gasteiger partial charge in [0.2, 0.25) is 0 Å². The lowest BCUT2D eigenvalue weighted by Crippen LogP contribution is -2.21. The summed E-state index contributed by atoms with van der Waals surface area (Å²) in [6, 6.07) is 6.32. The Kier molecular flexibility index (Phi) is 2.85. The minimum atomic E-state index is 0.352. The fourth-order valence-electron chi connectivity index (χ4n) is 2.46. The van der Waals surface area contributed by atoms with E-state index in [0.717, 1.165) is 36.3 Å². The number of aromatic amines is 1. The van der Waals surface area contributed by atoms with Crippen molar-refractivity contribution in [1.82, 2.24) is 9.97 Å². The summed E-state index contributed by atoms with van der Waals surface area (Å²) in [7, 11) is 0. The number of hydrogen-bond acceptors (Lipinski definition) is 2. The Morgan fingerprint density at radius 1 is 1.41 bits per heavy atom. The second kappa shape index (κ2) is 4.49. The van der Waals surface area contributed by atoms with Crippen molar-refractivity contribution in [3.8, 4) is 0 Å². The van der Waals surface area contributed by atoms with Crippen LogP contribution in [-0.4, -0.2) is 22.7 Å². The van der Waals surface area contributed by atoms with E-state index in [0.29, 0.717) is 6.10 Å².